The van der Waals surface area contributed by atoms with Gasteiger partial charge < -0.3 is 44.0 Å². The normalized spacial score (nSPS) is 21.5. The van der Waals surface area contributed by atoms with E-state index >= 15 is 0 Å². The number of para-hydroxylation sites is 2. The van der Waals surface area contributed by atoms with Crippen LogP contribution in [0.3, 0.4) is 0 Å². The van der Waals surface area contributed by atoms with E-state index in [4.69, 9.17) is 44.8 Å². The molecule has 0 spiro atoms. The number of sulfonamides is 1. The molecule has 0 bridgehead atoms. The van der Waals surface area contributed by atoms with E-state index in [1.54, 1.807) is 12.1 Å². The molecule has 4 aromatic rings. The van der Waals surface area contributed by atoms with Gasteiger partial charge in [-0.25, -0.2) is 21.6 Å². The van der Waals surface area contributed by atoms with Crippen molar-refractivity contribution in [2.45, 2.75) is 163 Å². The first-order valence-electron chi connectivity index (χ1n) is 26.1. The average molecular weight is 1070 g/mol. The van der Waals surface area contributed by atoms with Crippen molar-refractivity contribution in [3.8, 4) is 34.5 Å². The number of likely N-dealkylation sites (tertiary alicyclic amines) is 2. The van der Waals surface area contributed by atoms with E-state index in [2.05, 4.69) is 84.7 Å². The van der Waals surface area contributed by atoms with Crippen molar-refractivity contribution in [3.05, 3.63) is 96.1 Å². The molecule has 17 heteroatoms. The summed E-state index contributed by atoms with van der Waals surface area (Å²) >= 11 is 0. The molecule has 4 aliphatic rings. The highest BCUT2D eigenvalue weighted by Gasteiger charge is 2.33. The third-order valence-electron chi connectivity index (χ3n) is 14.6. The van der Waals surface area contributed by atoms with Gasteiger partial charge in [-0.1, -0.05) is 36.4 Å². The summed E-state index contributed by atoms with van der Waals surface area (Å²) in [6.45, 7) is 13.0. The van der Waals surface area contributed by atoms with Crippen molar-refractivity contribution in [2.24, 2.45) is 5.73 Å². The first-order chi connectivity index (χ1) is 34.9. The van der Waals surface area contributed by atoms with Crippen LogP contribution in [0, 0.1) is 0 Å². The molecule has 4 aromatic carbocycles. The topological polar surface area (TPSA) is 168 Å². The van der Waals surface area contributed by atoms with Gasteiger partial charge in [0.05, 0.1) is 50.4 Å². The van der Waals surface area contributed by atoms with Gasteiger partial charge in [0.2, 0.25) is 10.0 Å². The van der Waals surface area contributed by atoms with E-state index in [-0.39, 0.29) is 28.0 Å². The van der Waals surface area contributed by atoms with Crippen molar-refractivity contribution in [1.29, 1.82) is 0 Å². The van der Waals surface area contributed by atoms with E-state index < -0.39 is 19.1 Å². The lowest BCUT2D eigenvalue weighted by Crippen LogP contribution is -2.46. The Labute approximate surface area is 441 Å². The number of nitrogens with zero attached hydrogens (tertiary/aromatic N) is 2. The molecule has 2 aliphatic heterocycles. The molecule has 0 radical (unpaired) electrons. The van der Waals surface area contributed by atoms with Gasteiger partial charge in [0, 0.05) is 47.0 Å². The van der Waals surface area contributed by atoms with Gasteiger partial charge in [0.15, 0.2) is 23.0 Å². The smallest absolute Gasteiger partial charge is 0.261 e. The molecule has 3 N–H and O–H groups in total. The lowest BCUT2D eigenvalue weighted by Gasteiger charge is -2.41. The van der Waals surface area contributed by atoms with E-state index in [0.717, 1.165) is 69.2 Å². The third-order valence-corrected chi connectivity index (χ3v) is 17.5. The quantitative estimate of drug-likeness (QED) is 0.102. The molecule has 2 saturated heterocycles. The monoisotopic (exact) mass is 1070 g/mol. The zero-order valence-corrected chi connectivity index (χ0v) is 46.7. The van der Waals surface area contributed by atoms with Crippen LogP contribution < -0.4 is 38.9 Å². The number of methoxy groups -OCH3 is 4. The van der Waals surface area contributed by atoms with Crippen LogP contribution in [0.15, 0.2) is 94.7 Å². The number of hydrogen-bond acceptors (Lipinski definition) is 13. The van der Waals surface area contributed by atoms with Gasteiger partial charge in [-0.05, 0) is 190 Å². The molecular weight excluding hydrogens is 988 g/mol. The predicted octanol–water partition coefficient (Wildman–Crippen LogP) is 10.5. The number of nitrogens with one attached hydrogen (secondary N) is 1. The minimum Gasteiger partial charge on any atom is -0.493 e. The number of halogens is 1. The fourth-order valence-corrected chi connectivity index (χ4v) is 12.9. The Bertz CT molecular complexity index is 2550. The largest absolute Gasteiger partial charge is 0.493 e. The average Bonchev–Trinajstić information content (AvgIpc) is 3.39. The highest BCUT2D eigenvalue weighted by Crippen LogP contribution is 2.39. The SMILES string of the molecule is CC(C)Oc1ccccc1C1CCN(C2CCC(N)CC2)CC1.COc1ccc(S(=O)(=O)Cl)cc1OC.COc1ccc(S(=O)(=O)NC2CCC(N3CCC(c4ccccc4OC(C)C)CC3)CC2)cc1OC. The Morgan fingerprint density at radius 2 is 0.890 bits per heavy atom. The molecular formula is C56H81ClN4O10S2. The van der Waals surface area contributed by atoms with E-state index in [9.17, 15) is 16.8 Å². The summed E-state index contributed by atoms with van der Waals surface area (Å²) in [5.41, 5.74) is 8.79. The van der Waals surface area contributed by atoms with Crippen LogP contribution in [0.2, 0.25) is 0 Å². The van der Waals surface area contributed by atoms with E-state index in [1.807, 2.05) is 6.07 Å². The van der Waals surface area contributed by atoms with Crippen LogP contribution in [-0.4, -0.2) is 118 Å². The van der Waals surface area contributed by atoms with Gasteiger partial charge in [-0.3, -0.25) is 0 Å². The molecule has 0 atom stereocenters. The summed E-state index contributed by atoms with van der Waals surface area (Å²) in [6.07, 6.45) is 13.9. The zero-order chi connectivity index (χ0) is 52.7. The summed E-state index contributed by atoms with van der Waals surface area (Å²) in [4.78, 5) is 5.51. The maximum Gasteiger partial charge on any atom is 0.261 e. The maximum atomic E-state index is 13.0. The van der Waals surface area contributed by atoms with Gasteiger partial charge in [-0.15, -0.1) is 0 Å². The lowest BCUT2D eigenvalue weighted by atomic mass is 9.85. The summed E-state index contributed by atoms with van der Waals surface area (Å²) in [5, 5.41) is 0. The Morgan fingerprint density at radius 3 is 1.29 bits per heavy atom. The van der Waals surface area contributed by atoms with Gasteiger partial charge in [0.1, 0.15) is 11.5 Å². The number of rotatable bonds is 16. The van der Waals surface area contributed by atoms with Gasteiger partial charge >= 0.3 is 0 Å². The van der Waals surface area contributed by atoms with Crippen LogP contribution in [0.25, 0.3) is 0 Å². The summed E-state index contributed by atoms with van der Waals surface area (Å²) in [6, 6.07) is 27.6. The first kappa shape index (κ1) is 58.0. The first-order valence-corrected chi connectivity index (χ1v) is 29.9. The fourth-order valence-electron chi connectivity index (χ4n) is 10.8. The second-order valence-corrected chi connectivity index (χ2v) is 24.5. The molecule has 2 aliphatic carbocycles. The molecule has 73 heavy (non-hydrogen) atoms. The van der Waals surface area contributed by atoms with E-state index in [1.165, 1.54) is 115 Å². The fraction of sp³-hybridized carbons (Fsp3) is 0.571. The number of ether oxygens (including phenoxy) is 6. The summed E-state index contributed by atoms with van der Waals surface area (Å²) in [5.74, 6) is 4.99. The second-order valence-electron chi connectivity index (χ2n) is 20.2. The number of hydrogen-bond donors (Lipinski definition) is 2. The molecule has 4 fully saturated rings. The minimum atomic E-state index is -3.72. The highest BCUT2D eigenvalue weighted by molar-refractivity contribution is 8.13. The molecule has 404 valence electrons. The summed E-state index contributed by atoms with van der Waals surface area (Å²) in [7, 11) is 3.73. The molecule has 2 heterocycles. The highest BCUT2D eigenvalue weighted by atomic mass is 35.7. The Kier molecular flexibility index (Phi) is 21.8. The molecule has 0 amide bonds. The van der Waals surface area contributed by atoms with Crippen LogP contribution >= 0.6 is 10.7 Å². The van der Waals surface area contributed by atoms with Gasteiger partial charge in [0.25, 0.3) is 9.05 Å². The molecule has 2 saturated carbocycles. The molecule has 0 aromatic heterocycles. The third kappa shape index (κ3) is 16.6. The van der Waals surface area contributed by atoms with Crippen molar-refractivity contribution in [2.75, 3.05) is 54.6 Å². The maximum absolute atomic E-state index is 13.0. The molecule has 8 rings (SSSR count). The van der Waals surface area contributed by atoms with Crippen molar-refractivity contribution >= 4 is 29.8 Å². The number of benzene rings is 4. The van der Waals surface area contributed by atoms with Crippen LogP contribution in [0.4, 0.5) is 0 Å². The Hall–Kier alpha value is -4.29. The van der Waals surface area contributed by atoms with Crippen LogP contribution in [0.5, 0.6) is 34.5 Å². The Morgan fingerprint density at radius 1 is 0.507 bits per heavy atom. The lowest BCUT2D eigenvalue weighted by molar-refractivity contribution is 0.115. The second kappa shape index (κ2) is 27.5. The number of nitrogens with two attached hydrogens (primary N) is 1. The minimum absolute atomic E-state index is 0.0168. The zero-order valence-electron chi connectivity index (χ0n) is 44.3. The van der Waals surface area contributed by atoms with Crippen LogP contribution in [0.1, 0.15) is 128 Å². The van der Waals surface area contributed by atoms with Gasteiger partial charge in [-0.2, -0.15) is 0 Å². The molecule has 0 unspecified atom stereocenters. The van der Waals surface area contributed by atoms with Crippen LogP contribution in [-0.2, 0) is 19.1 Å². The van der Waals surface area contributed by atoms with Crippen molar-refractivity contribution < 1.29 is 45.3 Å². The van der Waals surface area contributed by atoms with Crippen molar-refractivity contribution in [3.63, 3.8) is 0 Å². The Balaban J connectivity index is 0.000000200. The molecule has 14 nitrogen and oxygen atoms in total. The van der Waals surface area contributed by atoms with Crippen molar-refractivity contribution in [1.82, 2.24) is 14.5 Å². The predicted molar refractivity (Wildman–Crippen MR) is 290 cm³/mol. The summed E-state index contributed by atoms with van der Waals surface area (Å²) < 4.78 is 83.3. The standard InChI is InChI=1S/C28H40N2O5S.C20H32N2O.C8H9ClO4S/c1-20(2)35-26-8-6-5-7-25(26)21-15-17-30(18-16-21)23-11-9-22(10-12-23)29-36(31,32)24-13-14-27(33-3)28(19-24)34-4;1-15(2)23-20-6-4-3-5-19(20)16-11-13-22(14-12-16)18-9-7-17(21)8-10-18;1-12-7-4-3-6(14(9,10)11)5-8(7)13-2/h5-8,13-14,19-23,29H,9-12,15-18H2,1-4H3;3-6,15-18H,7-14,21H2,1-2H3;3-5H,1-2H3. The number of piperidine rings is 2. The van der Waals surface area contributed by atoms with E-state index in [0.29, 0.717) is 46.9 Å².